The number of ether oxygens (including phenoxy) is 2. The lowest BCUT2D eigenvalue weighted by Crippen LogP contribution is -2.36. The van der Waals surface area contributed by atoms with Gasteiger partial charge >= 0.3 is 0 Å². The third kappa shape index (κ3) is 2.92. The van der Waals surface area contributed by atoms with E-state index in [0.29, 0.717) is 12.6 Å². The highest BCUT2D eigenvalue weighted by atomic mass is 32.2. The number of hydrogen-bond donors (Lipinski definition) is 0. The molecule has 0 spiro atoms. The molecule has 1 saturated carbocycles. The Balaban J connectivity index is 1.57. The summed E-state index contributed by atoms with van der Waals surface area (Å²) >= 11 is 1.63. The largest absolute Gasteiger partial charge is 0.461 e. The van der Waals surface area contributed by atoms with Crippen LogP contribution in [0.3, 0.4) is 0 Å². The van der Waals surface area contributed by atoms with Gasteiger partial charge in [0, 0.05) is 31.4 Å². The van der Waals surface area contributed by atoms with Gasteiger partial charge in [0.05, 0.1) is 18.3 Å². The summed E-state index contributed by atoms with van der Waals surface area (Å²) in [5.41, 5.74) is 3.08. The predicted octanol–water partition coefficient (Wildman–Crippen LogP) is 2.65. The van der Waals surface area contributed by atoms with Crippen molar-refractivity contribution in [3.63, 3.8) is 0 Å². The van der Waals surface area contributed by atoms with Gasteiger partial charge in [0.15, 0.2) is 0 Å². The fourth-order valence-electron chi connectivity index (χ4n) is 2.59. The lowest BCUT2D eigenvalue weighted by molar-refractivity contribution is -0.180. The average Bonchev–Trinajstić information content (AvgIpc) is 3.25. The molecule has 1 aliphatic heterocycles. The SMILES string of the molecule is Cc1ncc(CSc2nnnn2C2CC2)c2c1OC(C)(C)OC2. The van der Waals surface area contributed by atoms with E-state index in [1.165, 1.54) is 0 Å². The summed E-state index contributed by atoms with van der Waals surface area (Å²) in [5, 5.41) is 12.9. The monoisotopic (exact) mass is 333 g/mol. The van der Waals surface area contributed by atoms with Gasteiger partial charge in [0.1, 0.15) is 5.75 Å². The van der Waals surface area contributed by atoms with Gasteiger partial charge < -0.3 is 9.47 Å². The number of aryl methyl sites for hydroxylation is 1. The molecule has 2 aromatic heterocycles. The average molecular weight is 333 g/mol. The zero-order valence-electron chi connectivity index (χ0n) is 13.4. The van der Waals surface area contributed by atoms with Crippen LogP contribution < -0.4 is 4.74 Å². The first-order valence-corrected chi connectivity index (χ1v) is 8.73. The molecule has 2 aromatic rings. The van der Waals surface area contributed by atoms with Crippen molar-refractivity contribution in [1.82, 2.24) is 25.2 Å². The molecule has 0 radical (unpaired) electrons. The number of aromatic nitrogens is 5. The normalized spacial score (nSPS) is 19.3. The molecule has 0 N–H and O–H groups in total. The second-order valence-electron chi connectivity index (χ2n) is 6.39. The molecule has 1 fully saturated rings. The summed E-state index contributed by atoms with van der Waals surface area (Å²) in [4.78, 5) is 4.48. The lowest BCUT2D eigenvalue weighted by atomic mass is 10.1. The first-order valence-electron chi connectivity index (χ1n) is 7.74. The van der Waals surface area contributed by atoms with Crippen molar-refractivity contribution in [2.24, 2.45) is 0 Å². The van der Waals surface area contributed by atoms with Crippen LogP contribution in [0, 0.1) is 6.92 Å². The molecule has 23 heavy (non-hydrogen) atoms. The number of fused-ring (bicyclic) bond motifs is 1. The van der Waals surface area contributed by atoms with E-state index in [9.17, 15) is 0 Å². The Kier molecular flexibility index (Phi) is 3.53. The summed E-state index contributed by atoms with van der Waals surface area (Å²) in [6.07, 6.45) is 4.23. The number of hydrogen-bond acceptors (Lipinski definition) is 7. The first-order chi connectivity index (χ1) is 11.0. The van der Waals surface area contributed by atoms with Gasteiger partial charge in [-0.05, 0) is 35.8 Å². The van der Waals surface area contributed by atoms with E-state index >= 15 is 0 Å². The number of rotatable bonds is 4. The Hall–Kier alpha value is -1.67. The summed E-state index contributed by atoms with van der Waals surface area (Å²) in [5.74, 6) is 0.984. The van der Waals surface area contributed by atoms with Crippen molar-refractivity contribution in [2.75, 3.05) is 0 Å². The Morgan fingerprint density at radius 3 is 3.00 bits per heavy atom. The van der Waals surface area contributed by atoms with E-state index in [2.05, 4.69) is 20.5 Å². The van der Waals surface area contributed by atoms with Crippen LogP contribution in [0.15, 0.2) is 11.4 Å². The molecule has 122 valence electrons. The van der Waals surface area contributed by atoms with Crippen LogP contribution in [-0.4, -0.2) is 31.0 Å². The minimum Gasteiger partial charge on any atom is -0.461 e. The van der Waals surface area contributed by atoms with Crippen LogP contribution in [0.5, 0.6) is 5.75 Å². The van der Waals surface area contributed by atoms with Crippen LogP contribution in [0.1, 0.15) is 49.6 Å². The van der Waals surface area contributed by atoms with Gasteiger partial charge in [-0.15, -0.1) is 5.10 Å². The van der Waals surface area contributed by atoms with Crippen molar-refractivity contribution >= 4 is 11.8 Å². The van der Waals surface area contributed by atoms with Gasteiger partial charge in [-0.1, -0.05) is 11.8 Å². The van der Waals surface area contributed by atoms with Crippen molar-refractivity contribution in [3.8, 4) is 5.75 Å². The maximum Gasteiger partial charge on any atom is 0.209 e. The standard InChI is InChI=1S/C15H19N5O2S/c1-9-13-12(7-21-15(2,3)22-13)10(6-16-9)8-23-14-17-18-19-20(14)11-4-5-11/h6,11H,4-5,7-8H2,1-3H3. The Labute approximate surface area is 138 Å². The summed E-state index contributed by atoms with van der Waals surface area (Å²) in [7, 11) is 0. The van der Waals surface area contributed by atoms with Crippen LogP contribution in [0.4, 0.5) is 0 Å². The van der Waals surface area contributed by atoms with Crippen molar-refractivity contribution in [1.29, 1.82) is 0 Å². The molecule has 0 aromatic carbocycles. The quantitative estimate of drug-likeness (QED) is 0.796. The molecule has 0 amide bonds. The molecule has 0 unspecified atom stereocenters. The minimum absolute atomic E-state index is 0.477. The fraction of sp³-hybridized carbons (Fsp3) is 0.600. The highest BCUT2D eigenvalue weighted by Gasteiger charge is 2.31. The van der Waals surface area contributed by atoms with Crippen LogP contribution in [-0.2, 0) is 17.1 Å². The fourth-order valence-corrected chi connectivity index (χ4v) is 3.53. The second-order valence-corrected chi connectivity index (χ2v) is 7.34. The molecule has 4 rings (SSSR count). The second kappa shape index (κ2) is 5.45. The highest BCUT2D eigenvalue weighted by Crippen LogP contribution is 2.39. The smallest absolute Gasteiger partial charge is 0.209 e. The van der Waals surface area contributed by atoms with E-state index in [4.69, 9.17) is 9.47 Å². The lowest BCUT2D eigenvalue weighted by Gasteiger charge is -2.34. The molecule has 2 aliphatic rings. The van der Waals surface area contributed by atoms with Crippen molar-refractivity contribution < 1.29 is 9.47 Å². The minimum atomic E-state index is -0.610. The molecule has 0 saturated heterocycles. The number of thioether (sulfide) groups is 1. The maximum absolute atomic E-state index is 5.96. The number of nitrogens with zero attached hydrogens (tertiary/aromatic N) is 5. The zero-order valence-corrected chi connectivity index (χ0v) is 14.3. The summed E-state index contributed by atoms with van der Waals surface area (Å²) in [6, 6.07) is 0.477. The Morgan fingerprint density at radius 1 is 1.39 bits per heavy atom. The van der Waals surface area contributed by atoms with Crippen molar-refractivity contribution in [2.45, 2.75) is 63.0 Å². The van der Waals surface area contributed by atoms with E-state index in [1.807, 2.05) is 31.6 Å². The molecule has 1 aliphatic carbocycles. The molecule has 8 heteroatoms. The molecular weight excluding hydrogens is 314 g/mol. The highest BCUT2D eigenvalue weighted by molar-refractivity contribution is 7.98. The third-order valence-electron chi connectivity index (χ3n) is 4.03. The molecular formula is C15H19N5O2S. The van der Waals surface area contributed by atoms with Gasteiger partial charge in [-0.25, -0.2) is 4.68 Å². The van der Waals surface area contributed by atoms with Gasteiger partial charge in [-0.3, -0.25) is 4.98 Å². The van der Waals surface area contributed by atoms with E-state index in [-0.39, 0.29) is 0 Å². The molecule has 3 heterocycles. The van der Waals surface area contributed by atoms with E-state index < -0.39 is 5.79 Å². The van der Waals surface area contributed by atoms with Gasteiger partial charge in [0.25, 0.3) is 0 Å². The van der Waals surface area contributed by atoms with Crippen molar-refractivity contribution in [3.05, 3.63) is 23.0 Å². The molecule has 0 bridgehead atoms. The third-order valence-corrected chi connectivity index (χ3v) is 5.01. The molecule has 0 atom stereocenters. The summed E-state index contributed by atoms with van der Waals surface area (Å²) in [6.45, 7) is 6.33. The maximum atomic E-state index is 5.96. The van der Waals surface area contributed by atoms with Gasteiger partial charge in [0.2, 0.25) is 10.9 Å². The Bertz CT molecular complexity index is 741. The molecule has 7 nitrogen and oxygen atoms in total. The van der Waals surface area contributed by atoms with E-state index in [0.717, 1.165) is 46.3 Å². The predicted molar refractivity (Wildman–Crippen MR) is 84.1 cm³/mol. The number of tetrazole rings is 1. The number of pyridine rings is 1. The van der Waals surface area contributed by atoms with E-state index in [1.54, 1.807) is 11.8 Å². The van der Waals surface area contributed by atoms with Crippen LogP contribution >= 0.6 is 11.8 Å². The topological polar surface area (TPSA) is 75.0 Å². The Morgan fingerprint density at radius 2 is 2.22 bits per heavy atom. The van der Waals surface area contributed by atoms with Crippen LogP contribution in [0.2, 0.25) is 0 Å². The van der Waals surface area contributed by atoms with Gasteiger partial charge in [-0.2, -0.15) is 0 Å². The summed E-state index contributed by atoms with van der Waals surface area (Å²) < 4.78 is 13.7. The first kappa shape index (κ1) is 14.9. The zero-order chi connectivity index (χ0) is 16.0. The van der Waals surface area contributed by atoms with Crippen LogP contribution in [0.25, 0.3) is 0 Å².